The van der Waals surface area contributed by atoms with Crippen molar-refractivity contribution in [1.82, 2.24) is 19.6 Å². The molecule has 2 amide bonds. The number of anilines is 1. The highest BCUT2D eigenvalue weighted by Gasteiger charge is 2.34. The number of ether oxygens (including phenoxy) is 1. The molecule has 3 heterocycles. The maximum Gasteiger partial charge on any atom is 0.410 e. The van der Waals surface area contributed by atoms with E-state index in [4.69, 9.17) is 9.84 Å². The van der Waals surface area contributed by atoms with Crippen LogP contribution in [0.4, 0.5) is 10.5 Å². The molecule has 0 spiro atoms. The van der Waals surface area contributed by atoms with Gasteiger partial charge in [0.25, 0.3) is 5.91 Å². The average molecular weight is 544 g/mol. The summed E-state index contributed by atoms with van der Waals surface area (Å²) >= 11 is 0. The highest BCUT2D eigenvalue weighted by Crippen LogP contribution is 2.35. The van der Waals surface area contributed by atoms with Crippen LogP contribution in [0.3, 0.4) is 0 Å². The van der Waals surface area contributed by atoms with Crippen LogP contribution in [0.15, 0.2) is 54.7 Å². The van der Waals surface area contributed by atoms with Crippen molar-refractivity contribution in [1.29, 1.82) is 0 Å². The van der Waals surface area contributed by atoms with E-state index >= 15 is 0 Å². The van der Waals surface area contributed by atoms with Crippen molar-refractivity contribution in [3.8, 4) is 5.69 Å². The Hall–Kier alpha value is -3.81. The van der Waals surface area contributed by atoms with Crippen LogP contribution in [0.1, 0.15) is 66.7 Å². The Bertz CT molecular complexity index is 1320. The Morgan fingerprint density at radius 3 is 2.05 bits per heavy atom. The monoisotopic (exact) mass is 543 g/mol. The van der Waals surface area contributed by atoms with Crippen LogP contribution in [-0.2, 0) is 4.74 Å². The molecule has 0 saturated carbocycles. The van der Waals surface area contributed by atoms with Crippen LogP contribution < -0.4 is 4.90 Å². The molecule has 0 atom stereocenters. The van der Waals surface area contributed by atoms with Crippen LogP contribution in [0, 0.1) is 13.8 Å². The van der Waals surface area contributed by atoms with Crippen molar-refractivity contribution in [2.45, 2.75) is 59.0 Å². The second-order valence-corrected chi connectivity index (χ2v) is 12.0. The van der Waals surface area contributed by atoms with E-state index in [0.717, 1.165) is 48.4 Å². The number of hydrogen-bond donors (Lipinski definition) is 0. The molecule has 2 aliphatic heterocycles. The van der Waals surface area contributed by atoms with Gasteiger partial charge >= 0.3 is 6.09 Å². The summed E-state index contributed by atoms with van der Waals surface area (Å²) in [5.74, 6) is 0.138. The number of aromatic nitrogens is 2. The van der Waals surface area contributed by atoms with Gasteiger partial charge in [-0.3, -0.25) is 4.79 Å². The van der Waals surface area contributed by atoms with Crippen molar-refractivity contribution in [2.75, 3.05) is 44.2 Å². The molecule has 40 heavy (non-hydrogen) atoms. The third-order valence-electron chi connectivity index (χ3n) is 7.91. The largest absolute Gasteiger partial charge is 0.444 e. The average Bonchev–Trinajstić information content (AvgIpc) is 3.37. The highest BCUT2D eigenvalue weighted by atomic mass is 16.6. The van der Waals surface area contributed by atoms with E-state index in [-0.39, 0.29) is 17.9 Å². The number of likely N-dealkylation sites (tertiary alicyclic amines) is 1. The summed E-state index contributed by atoms with van der Waals surface area (Å²) in [6, 6.07) is 16.6. The van der Waals surface area contributed by atoms with Crippen molar-refractivity contribution >= 4 is 17.7 Å². The summed E-state index contributed by atoms with van der Waals surface area (Å²) in [4.78, 5) is 32.8. The number of amides is 2. The molecule has 8 nitrogen and oxygen atoms in total. The molecule has 2 saturated heterocycles. The van der Waals surface area contributed by atoms with Gasteiger partial charge in [-0.2, -0.15) is 5.10 Å². The number of hydrogen-bond acceptors (Lipinski definition) is 5. The van der Waals surface area contributed by atoms with Gasteiger partial charge in [0.05, 0.1) is 23.1 Å². The van der Waals surface area contributed by atoms with E-state index in [1.54, 1.807) is 11.1 Å². The van der Waals surface area contributed by atoms with Gasteiger partial charge in [0.1, 0.15) is 5.60 Å². The molecule has 2 fully saturated rings. The van der Waals surface area contributed by atoms with Crippen LogP contribution >= 0.6 is 0 Å². The zero-order chi connectivity index (χ0) is 28.4. The molecule has 212 valence electrons. The Morgan fingerprint density at radius 2 is 1.45 bits per heavy atom. The Balaban J connectivity index is 1.40. The van der Waals surface area contributed by atoms with Gasteiger partial charge in [-0.1, -0.05) is 36.4 Å². The fourth-order valence-electron chi connectivity index (χ4n) is 5.87. The Labute approximate surface area is 237 Å². The Kier molecular flexibility index (Phi) is 7.88. The van der Waals surface area contributed by atoms with Crippen molar-refractivity contribution in [3.05, 3.63) is 77.1 Å². The lowest BCUT2D eigenvalue weighted by molar-refractivity contribution is 0.0203. The van der Waals surface area contributed by atoms with Gasteiger partial charge in [0, 0.05) is 50.9 Å². The predicted octanol–water partition coefficient (Wildman–Crippen LogP) is 5.57. The third-order valence-corrected chi connectivity index (χ3v) is 7.91. The van der Waals surface area contributed by atoms with E-state index in [2.05, 4.69) is 61.2 Å². The van der Waals surface area contributed by atoms with Gasteiger partial charge in [-0.05, 0) is 70.7 Å². The number of piperidine rings is 1. The molecule has 3 aromatic rings. The smallest absolute Gasteiger partial charge is 0.410 e. The number of carbonyl (C=O) groups is 2. The van der Waals surface area contributed by atoms with E-state index in [1.807, 2.05) is 36.4 Å². The van der Waals surface area contributed by atoms with E-state index < -0.39 is 5.60 Å². The molecular formula is C32H41N5O3. The first-order valence-electron chi connectivity index (χ1n) is 14.3. The maximum atomic E-state index is 14.0. The fourth-order valence-corrected chi connectivity index (χ4v) is 5.87. The quantitative estimate of drug-likeness (QED) is 0.431. The first-order chi connectivity index (χ1) is 19.1. The number of para-hydroxylation sites is 2. The highest BCUT2D eigenvalue weighted by molar-refractivity contribution is 5.95. The first-order valence-corrected chi connectivity index (χ1v) is 14.3. The van der Waals surface area contributed by atoms with E-state index in [9.17, 15) is 9.59 Å². The van der Waals surface area contributed by atoms with Crippen molar-refractivity contribution in [2.24, 2.45) is 0 Å². The van der Waals surface area contributed by atoms with Crippen LogP contribution in [0.5, 0.6) is 0 Å². The normalized spacial score (nSPS) is 16.8. The molecule has 8 heteroatoms. The van der Waals surface area contributed by atoms with Crippen molar-refractivity contribution < 1.29 is 14.3 Å². The van der Waals surface area contributed by atoms with Crippen molar-refractivity contribution in [3.63, 3.8) is 0 Å². The van der Waals surface area contributed by atoms with Crippen LogP contribution in [0.2, 0.25) is 0 Å². The molecule has 0 radical (unpaired) electrons. The molecule has 0 bridgehead atoms. The number of carbonyl (C=O) groups excluding carboxylic acids is 2. The zero-order valence-corrected chi connectivity index (χ0v) is 24.4. The van der Waals surface area contributed by atoms with Crippen LogP contribution in [-0.4, -0.2) is 76.5 Å². The number of rotatable bonds is 4. The number of benzene rings is 2. The second kappa shape index (κ2) is 11.4. The molecule has 0 aliphatic carbocycles. The fraction of sp³-hybridized carbons (Fsp3) is 0.469. The summed E-state index contributed by atoms with van der Waals surface area (Å²) in [5.41, 5.74) is 5.55. The molecule has 2 aromatic carbocycles. The molecule has 5 rings (SSSR count). The van der Waals surface area contributed by atoms with Gasteiger partial charge in [0.2, 0.25) is 0 Å². The summed E-state index contributed by atoms with van der Waals surface area (Å²) in [7, 11) is 0. The molecule has 2 aliphatic rings. The van der Waals surface area contributed by atoms with E-state index in [0.29, 0.717) is 31.7 Å². The SMILES string of the molecule is Cc1cccc(C)c1-n1ncc(C(=O)N2CCN(c3ccccc3)CC2)c1C1CCN(C(=O)OC(C)(C)C)CC1. The predicted molar refractivity (Wildman–Crippen MR) is 157 cm³/mol. The standard InChI is InChI=1S/C32H41N5O3/c1-23-10-9-11-24(2)28(23)37-29(25-14-16-36(17-15-25)31(39)40-32(3,4)5)27(22-33-37)30(38)35-20-18-34(19-21-35)26-12-7-6-8-13-26/h6-13,22,25H,14-21H2,1-5H3. The number of piperazine rings is 1. The Morgan fingerprint density at radius 1 is 0.825 bits per heavy atom. The third kappa shape index (κ3) is 5.86. The maximum absolute atomic E-state index is 14.0. The lowest BCUT2D eigenvalue weighted by Gasteiger charge is -2.37. The minimum absolute atomic E-state index is 0.0368. The van der Waals surface area contributed by atoms with Gasteiger partial charge < -0.3 is 19.4 Å². The molecular weight excluding hydrogens is 502 g/mol. The van der Waals surface area contributed by atoms with Crippen LogP contribution in [0.25, 0.3) is 5.69 Å². The summed E-state index contributed by atoms with van der Waals surface area (Å²) in [6.07, 6.45) is 2.98. The number of nitrogens with zero attached hydrogens (tertiary/aromatic N) is 5. The van der Waals surface area contributed by atoms with Gasteiger partial charge in [-0.15, -0.1) is 0 Å². The second-order valence-electron chi connectivity index (χ2n) is 12.0. The lowest BCUT2D eigenvalue weighted by atomic mass is 9.90. The molecule has 1 aromatic heterocycles. The minimum Gasteiger partial charge on any atom is -0.444 e. The lowest BCUT2D eigenvalue weighted by Crippen LogP contribution is -2.49. The first kappa shape index (κ1) is 27.7. The van der Waals surface area contributed by atoms with Gasteiger partial charge in [0.15, 0.2) is 0 Å². The summed E-state index contributed by atoms with van der Waals surface area (Å²) in [5, 5.41) is 4.82. The van der Waals surface area contributed by atoms with E-state index in [1.165, 1.54) is 5.69 Å². The summed E-state index contributed by atoms with van der Waals surface area (Å²) < 4.78 is 7.61. The number of aryl methyl sites for hydroxylation is 2. The zero-order valence-electron chi connectivity index (χ0n) is 24.4. The molecule has 0 unspecified atom stereocenters. The summed E-state index contributed by atoms with van der Waals surface area (Å²) in [6.45, 7) is 13.9. The van der Waals surface area contributed by atoms with Gasteiger partial charge in [-0.25, -0.2) is 9.48 Å². The minimum atomic E-state index is -0.529. The topological polar surface area (TPSA) is 70.9 Å². The molecule has 0 N–H and O–H groups in total.